The molecule has 1 aliphatic carbocycles. The highest BCUT2D eigenvalue weighted by Gasteiger charge is 2.39. The summed E-state index contributed by atoms with van der Waals surface area (Å²) in [5.74, 6) is 0.480. The summed E-state index contributed by atoms with van der Waals surface area (Å²) < 4.78 is 55.0. The van der Waals surface area contributed by atoms with E-state index in [-0.39, 0.29) is 5.69 Å². The van der Waals surface area contributed by atoms with Gasteiger partial charge in [0.1, 0.15) is 11.9 Å². The van der Waals surface area contributed by atoms with Crippen LogP contribution in [0.2, 0.25) is 0 Å². The second kappa shape index (κ2) is 8.64. The average molecular weight is 433 g/mol. The Morgan fingerprint density at radius 3 is 2.48 bits per heavy atom. The fourth-order valence-corrected chi connectivity index (χ4v) is 3.91. The first-order chi connectivity index (χ1) is 14.8. The third-order valence-electron chi connectivity index (χ3n) is 5.72. The second-order valence-corrected chi connectivity index (χ2v) is 7.87. The summed E-state index contributed by atoms with van der Waals surface area (Å²) in [6.07, 6.45) is 2.93. The van der Waals surface area contributed by atoms with Gasteiger partial charge in [0.15, 0.2) is 0 Å². The number of rotatable bonds is 6. The van der Waals surface area contributed by atoms with Gasteiger partial charge in [0.25, 0.3) is 0 Å². The van der Waals surface area contributed by atoms with Gasteiger partial charge in [-0.25, -0.2) is 19.3 Å². The molecule has 1 saturated carbocycles. The number of nitrogens with zero attached hydrogens (tertiary/aromatic N) is 4. The zero-order chi connectivity index (χ0) is 22.0. The molecule has 0 spiro atoms. The lowest BCUT2D eigenvalue weighted by molar-refractivity contribution is -0.162. The van der Waals surface area contributed by atoms with E-state index in [0.717, 1.165) is 37.2 Å². The largest absolute Gasteiger partial charge is 0.408 e. The van der Waals surface area contributed by atoms with E-state index in [1.807, 2.05) is 0 Å². The van der Waals surface area contributed by atoms with Crippen molar-refractivity contribution in [3.8, 4) is 22.6 Å². The van der Waals surface area contributed by atoms with Gasteiger partial charge >= 0.3 is 6.18 Å². The molecule has 0 aliphatic heterocycles. The number of imidazole rings is 1. The average Bonchev–Trinajstić information content (AvgIpc) is 3.42. The number of alkyl halides is 3. The van der Waals surface area contributed by atoms with Crippen molar-refractivity contribution in [2.75, 3.05) is 11.9 Å². The molecule has 3 aromatic rings. The van der Waals surface area contributed by atoms with Crippen LogP contribution in [0.15, 0.2) is 42.9 Å². The summed E-state index contributed by atoms with van der Waals surface area (Å²) in [4.78, 5) is 12.9. The van der Waals surface area contributed by atoms with Crippen LogP contribution in [0.3, 0.4) is 0 Å². The maximum atomic E-state index is 13.5. The van der Waals surface area contributed by atoms with Crippen LogP contribution >= 0.6 is 0 Å². The predicted molar refractivity (Wildman–Crippen MR) is 110 cm³/mol. The Morgan fingerprint density at radius 2 is 1.81 bits per heavy atom. The van der Waals surface area contributed by atoms with Crippen molar-refractivity contribution in [1.82, 2.24) is 19.5 Å². The van der Waals surface area contributed by atoms with E-state index in [0.29, 0.717) is 28.8 Å². The maximum absolute atomic E-state index is 13.5. The molecule has 31 heavy (non-hydrogen) atoms. The first-order valence-corrected chi connectivity index (χ1v) is 10.3. The number of hydrogen-bond donors (Lipinski definition) is 1. The third kappa shape index (κ3) is 4.70. The Bertz CT molecular complexity index is 1020. The molecule has 0 radical (unpaired) electrons. The third-order valence-corrected chi connectivity index (χ3v) is 5.72. The topological polar surface area (TPSA) is 55.6 Å². The van der Waals surface area contributed by atoms with E-state index in [1.165, 1.54) is 43.3 Å². The fraction of sp³-hybridized carbons (Fsp3) is 0.409. The first-order valence-electron chi connectivity index (χ1n) is 10.3. The van der Waals surface area contributed by atoms with Crippen LogP contribution in [0.1, 0.15) is 38.6 Å². The van der Waals surface area contributed by atoms with Crippen molar-refractivity contribution in [3.63, 3.8) is 0 Å². The van der Waals surface area contributed by atoms with Gasteiger partial charge in [-0.05, 0) is 56.0 Å². The lowest BCUT2D eigenvalue weighted by Crippen LogP contribution is -2.24. The van der Waals surface area contributed by atoms with Gasteiger partial charge in [0.05, 0.1) is 23.4 Å². The number of halogens is 4. The van der Waals surface area contributed by atoms with E-state index in [2.05, 4.69) is 20.3 Å². The molecule has 1 unspecified atom stereocenters. The highest BCUT2D eigenvalue weighted by molar-refractivity contribution is 5.77. The summed E-state index contributed by atoms with van der Waals surface area (Å²) in [7, 11) is 0. The number of aromatic nitrogens is 4. The Kier molecular flexibility index (Phi) is 5.93. The van der Waals surface area contributed by atoms with E-state index < -0.39 is 18.0 Å². The zero-order valence-electron chi connectivity index (χ0n) is 17.0. The molecule has 1 atom stereocenters. The van der Waals surface area contributed by atoms with Crippen LogP contribution in [-0.2, 0) is 0 Å². The molecule has 0 saturated heterocycles. The van der Waals surface area contributed by atoms with E-state index in [9.17, 15) is 17.6 Å². The quantitative estimate of drug-likeness (QED) is 0.494. The molecule has 1 N–H and O–H groups in total. The normalized spacial score (nSPS) is 15.9. The minimum atomic E-state index is -4.47. The van der Waals surface area contributed by atoms with E-state index in [1.54, 1.807) is 6.07 Å². The Labute approximate surface area is 177 Å². The van der Waals surface area contributed by atoms with Gasteiger partial charge in [-0.1, -0.05) is 12.8 Å². The molecule has 2 aromatic heterocycles. The maximum Gasteiger partial charge on any atom is 0.408 e. The van der Waals surface area contributed by atoms with Crippen molar-refractivity contribution in [2.24, 2.45) is 5.92 Å². The lowest BCUT2D eigenvalue weighted by Gasteiger charge is -2.20. The van der Waals surface area contributed by atoms with Crippen molar-refractivity contribution >= 4 is 5.95 Å². The summed E-state index contributed by atoms with van der Waals surface area (Å²) in [5.41, 5.74) is 1.33. The van der Waals surface area contributed by atoms with Crippen molar-refractivity contribution < 1.29 is 17.6 Å². The molecule has 2 heterocycles. The number of benzene rings is 1. The molecule has 4 rings (SSSR count). The van der Waals surface area contributed by atoms with Crippen molar-refractivity contribution in [3.05, 3.63) is 48.7 Å². The Hall–Kier alpha value is -2.97. The molecular formula is C22H23F4N5. The van der Waals surface area contributed by atoms with Gasteiger partial charge in [0.2, 0.25) is 5.95 Å². The summed E-state index contributed by atoms with van der Waals surface area (Å²) in [6.45, 7) is 1.80. The highest BCUT2D eigenvalue weighted by atomic mass is 19.4. The highest BCUT2D eigenvalue weighted by Crippen LogP contribution is 2.38. The van der Waals surface area contributed by atoms with Crippen LogP contribution in [0, 0.1) is 11.7 Å². The number of anilines is 1. The molecule has 9 heteroatoms. The summed E-state index contributed by atoms with van der Waals surface area (Å²) in [5, 5.41) is 3.21. The molecule has 0 bridgehead atoms. The van der Waals surface area contributed by atoms with Gasteiger partial charge in [0, 0.05) is 18.3 Å². The van der Waals surface area contributed by atoms with Crippen LogP contribution < -0.4 is 5.32 Å². The molecule has 0 amide bonds. The van der Waals surface area contributed by atoms with Crippen LogP contribution in [0.5, 0.6) is 0 Å². The second-order valence-electron chi connectivity index (χ2n) is 7.87. The minimum absolute atomic E-state index is 0.211. The summed E-state index contributed by atoms with van der Waals surface area (Å²) >= 11 is 0. The van der Waals surface area contributed by atoms with Crippen molar-refractivity contribution in [1.29, 1.82) is 0 Å². The van der Waals surface area contributed by atoms with Crippen LogP contribution in [0.4, 0.5) is 23.5 Å². The number of nitrogens with one attached hydrogen (secondary N) is 1. The molecule has 1 aliphatic rings. The Balaban J connectivity index is 1.73. The minimum Gasteiger partial charge on any atom is -0.354 e. The first kappa shape index (κ1) is 21.3. The molecule has 164 valence electrons. The fourth-order valence-electron chi connectivity index (χ4n) is 3.91. The van der Waals surface area contributed by atoms with Crippen molar-refractivity contribution in [2.45, 2.75) is 44.8 Å². The van der Waals surface area contributed by atoms with Gasteiger partial charge < -0.3 is 9.88 Å². The zero-order valence-corrected chi connectivity index (χ0v) is 17.0. The van der Waals surface area contributed by atoms with E-state index in [4.69, 9.17) is 0 Å². The molecule has 1 aromatic carbocycles. The van der Waals surface area contributed by atoms with E-state index >= 15 is 0 Å². The van der Waals surface area contributed by atoms with Gasteiger partial charge in [-0.3, -0.25) is 0 Å². The molecule has 1 fully saturated rings. The number of hydrogen-bond acceptors (Lipinski definition) is 4. The van der Waals surface area contributed by atoms with Crippen LogP contribution in [0.25, 0.3) is 22.6 Å². The van der Waals surface area contributed by atoms with Crippen LogP contribution in [-0.4, -0.2) is 32.2 Å². The standard InChI is InChI=1S/C22H23F4N5/c1-14(22(24,25)26)31-13-29-19(16-6-8-17(23)9-7-16)20(31)18-10-11-27-21(30-18)28-12-15-4-2-3-5-15/h6-11,13-15H,2-5,12H2,1H3,(H,27,28,30). The monoisotopic (exact) mass is 433 g/mol. The molecule has 5 nitrogen and oxygen atoms in total. The smallest absolute Gasteiger partial charge is 0.354 e. The SMILES string of the molecule is CC(n1cnc(-c2ccc(F)cc2)c1-c1ccnc(NCC2CCCC2)n1)C(F)(F)F. The van der Waals surface area contributed by atoms with Gasteiger partial charge in [-0.15, -0.1) is 0 Å². The summed E-state index contributed by atoms with van der Waals surface area (Å²) in [6, 6.07) is 5.23. The van der Waals surface area contributed by atoms with Gasteiger partial charge in [-0.2, -0.15) is 13.2 Å². The predicted octanol–water partition coefficient (Wildman–Crippen LogP) is 5.87. The lowest BCUT2D eigenvalue weighted by atomic mass is 10.1. The Morgan fingerprint density at radius 1 is 1.10 bits per heavy atom. The molecular weight excluding hydrogens is 410 g/mol.